The van der Waals surface area contributed by atoms with E-state index in [1.165, 1.54) is 38.5 Å². The predicted molar refractivity (Wildman–Crippen MR) is 183 cm³/mol. The molecule has 2 heterocycles. The van der Waals surface area contributed by atoms with E-state index < -0.39 is 17.3 Å². The summed E-state index contributed by atoms with van der Waals surface area (Å²) >= 11 is 0. The minimum absolute atomic E-state index is 0.152. The summed E-state index contributed by atoms with van der Waals surface area (Å²) in [5, 5.41) is 14.1. The van der Waals surface area contributed by atoms with Crippen LogP contribution < -0.4 is 15.8 Å². The molecule has 1 saturated heterocycles. The first-order valence-corrected chi connectivity index (χ1v) is 17.3. The van der Waals surface area contributed by atoms with Crippen LogP contribution in [0.1, 0.15) is 93.6 Å². The van der Waals surface area contributed by atoms with Crippen molar-refractivity contribution in [3.8, 4) is 5.75 Å². The summed E-state index contributed by atoms with van der Waals surface area (Å²) in [4.78, 5) is 15.8. The van der Waals surface area contributed by atoms with E-state index in [9.17, 15) is 9.90 Å². The van der Waals surface area contributed by atoms with Crippen molar-refractivity contribution in [2.45, 2.75) is 89.1 Å². The monoisotopic (exact) mass is 627 g/mol. The second-order valence-electron chi connectivity index (χ2n) is 13.5. The number of benzene rings is 3. The highest BCUT2D eigenvalue weighted by Gasteiger charge is 2.49. The minimum atomic E-state index is -0.812. The Morgan fingerprint density at radius 2 is 1.59 bits per heavy atom. The number of nitrogens with zero attached hydrogens (tertiary/aromatic N) is 1. The highest BCUT2D eigenvalue weighted by atomic mass is 16.7. The maximum atomic E-state index is 13.3. The van der Waals surface area contributed by atoms with Crippen LogP contribution in [0, 0.1) is 5.92 Å². The second-order valence-corrected chi connectivity index (χ2v) is 13.5. The van der Waals surface area contributed by atoms with Gasteiger partial charge in [-0.2, -0.15) is 0 Å². The number of carbonyl (C=O) groups excluding carboxylic acids is 1. The zero-order chi connectivity index (χ0) is 32.4. The number of likely N-dealkylation sites (tertiary alicyclic amines) is 1. The molecule has 1 fully saturated rings. The fraction of sp³-hybridized carbons (Fsp3) is 0.513. The SMILES string of the molecule is CC1(C)OCc2cc([C@@H](O)CNCCCCCCCCCN3CC[C@@H](C(C(N)=O)(c4ccccc4)c4ccccc4)C3)ccc2O1. The number of aliphatic hydroxyl groups is 1. The van der Waals surface area contributed by atoms with Crippen molar-refractivity contribution in [1.82, 2.24) is 10.2 Å². The molecule has 0 aliphatic carbocycles. The van der Waals surface area contributed by atoms with Gasteiger partial charge in [-0.3, -0.25) is 4.79 Å². The molecule has 3 aromatic rings. The number of primary amides is 1. The maximum Gasteiger partial charge on any atom is 0.232 e. The summed E-state index contributed by atoms with van der Waals surface area (Å²) in [5.74, 6) is 0.118. The zero-order valence-corrected chi connectivity index (χ0v) is 27.8. The van der Waals surface area contributed by atoms with Crippen LogP contribution in [-0.2, 0) is 21.6 Å². The normalized spacial score (nSPS) is 18.5. The topological polar surface area (TPSA) is 97.0 Å². The lowest BCUT2D eigenvalue weighted by Crippen LogP contribution is -2.49. The number of unbranched alkanes of at least 4 members (excludes halogenated alkanes) is 6. The Hall–Kier alpha value is -3.23. The van der Waals surface area contributed by atoms with Gasteiger partial charge in [-0.25, -0.2) is 0 Å². The molecular formula is C39H53N3O4. The van der Waals surface area contributed by atoms with Crippen molar-refractivity contribution in [2.24, 2.45) is 11.7 Å². The number of rotatable bonds is 17. The quantitative estimate of drug-likeness (QED) is 0.148. The van der Waals surface area contributed by atoms with Gasteiger partial charge >= 0.3 is 0 Å². The standard InChI is InChI=1S/C39H53N3O4/c1-38(2)45-29-31-26-30(20-21-36(31)46-38)35(43)27-41-23-14-6-4-3-5-7-15-24-42-25-22-34(28-42)39(37(40)44,32-16-10-8-11-17-32)33-18-12-9-13-19-33/h8-13,16-21,26,34-35,41,43H,3-7,14-15,22-25,27-29H2,1-2H3,(H2,40,44)/t34-,35+/m1/s1. The molecule has 7 heteroatoms. The van der Waals surface area contributed by atoms with E-state index in [-0.39, 0.29) is 11.8 Å². The molecule has 2 atom stereocenters. The number of nitrogens with one attached hydrogen (secondary N) is 1. The van der Waals surface area contributed by atoms with Crippen molar-refractivity contribution in [3.05, 3.63) is 101 Å². The average molecular weight is 628 g/mol. The number of hydrogen-bond acceptors (Lipinski definition) is 6. The van der Waals surface area contributed by atoms with Crippen LogP contribution in [0.2, 0.25) is 0 Å². The van der Waals surface area contributed by atoms with E-state index in [4.69, 9.17) is 15.2 Å². The van der Waals surface area contributed by atoms with Crippen molar-refractivity contribution >= 4 is 5.91 Å². The summed E-state index contributed by atoms with van der Waals surface area (Å²) in [6.45, 7) is 8.74. The molecule has 2 aliphatic rings. The van der Waals surface area contributed by atoms with Gasteiger partial charge in [-0.15, -0.1) is 0 Å². The maximum absolute atomic E-state index is 13.3. The summed E-state index contributed by atoms with van der Waals surface area (Å²) < 4.78 is 11.6. The van der Waals surface area contributed by atoms with Gasteiger partial charge in [0.05, 0.1) is 12.7 Å². The smallest absolute Gasteiger partial charge is 0.232 e. The first-order valence-electron chi connectivity index (χ1n) is 17.3. The van der Waals surface area contributed by atoms with E-state index in [1.54, 1.807) is 0 Å². The molecule has 5 rings (SSSR count). The third-order valence-corrected chi connectivity index (χ3v) is 9.80. The molecule has 1 amide bonds. The first kappa shape index (κ1) is 34.1. The molecule has 248 valence electrons. The van der Waals surface area contributed by atoms with Crippen LogP contribution in [0.4, 0.5) is 0 Å². The molecule has 4 N–H and O–H groups in total. The molecule has 0 radical (unpaired) electrons. The van der Waals surface area contributed by atoms with Crippen molar-refractivity contribution in [2.75, 3.05) is 32.7 Å². The molecular weight excluding hydrogens is 574 g/mol. The first-order chi connectivity index (χ1) is 22.3. The number of nitrogens with two attached hydrogens (primary N) is 1. The lowest BCUT2D eigenvalue weighted by Gasteiger charge is -2.37. The van der Waals surface area contributed by atoms with E-state index in [0.29, 0.717) is 13.2 Å². The third-order valence-electron chi connectivity index (χ3n) is 9.80. The lowest BCUT2D eigenvalue weighted by atomic mass is 9.64. The molecule has 0 bridgehead atoms. The summed E-state index contributed by atoms with van der Waals surface area (Å²) in [6, 6.07) is 26.1. The van der Waals surface area contributed by atoms with Gasteiger partial charge in [0.2, 0.25) is 11.7 Å². The summed E-state index contributed by atoms with van der Waals surface area (Å²) in [7, 11) is 0. The average Bonchev–Trinajstić information content (AvgIpc) is 3.53. The van der Waals surface area contributed by atoms with Gasteiger partial charge in [0.1, 0.15) is 11.2 Å². The fourth-order valence-corrected chi connectivity index (χ4v) is 7.31. The molecule has 0 aromatic heterocycles. The van der Waals surface area contributed by atoms with Crippen LogP contribution in [0.5, 0.6) is 5.75 Å². The van der Waals surface area contributed by atoms with Gasteiger partial charge in [0.15, 0.2) is 0 Å². The number of carbonyl (C=O) groups is 1. The second kappa shape index (κ2) is 16.1. The number of ether oxygens (including phenoxy) is 2. The Morgan fingerprint density at radius 1 is 0.957 bits per heavy atom. The van der Waals surface area contributed by atoms with Crippen LogP contribution >= 0.6 is 0 Å². The molecule has 3 aromatic carbocycles. The van der Waals surface area contributed by atoms with Gasteiger partial charge < -0.3 is 30.5 Å². The molecule has 2 aliphatic heterocycles. The van der Waals surface area contributed by atoms with E-state index in [0.717, 1.165) is 67.0 Å². The van der Waals surface area contributed by atoms with Gasteiger partial charge in [0.25, 0.3) is 0 Å². The Balaban J connectivity index is 0.954. The Bertz CT molecular complexity index is 1340. The fourth-order valence-electron chi connectivity index (χ4n) is 7.31. The van der Waals surface area contributed by atoms with Gasteiger partial charge in [0, 0.05) is 32.5 Å². The minimum Gasteiger partial charge on any atom is -0.463 e. The Labute approximate surface area is 275 Å². The summed E-state index contributed by atoms with van der Waals surface area (Å²) in [6.07, 6.45) is 8.92. The molecule has 46 heavy (non-hydrogen) atoms. The third kappa shape index (κ3) is 8.37. The van der Waals surface area contributed by atoms with Crippen molar-refractivity contribution < 1.29 is 19.4 Å². The highest BCUT2D eigenvalue weighted by Crippen LogP contribution is 2.43. The summed E-state index contributed by atoms with van der Waals surface area (Å²) in [5.41, 5.74) is 9.31. The Kier molecular flexibility index (Phi) is 11.9. The number of amides is 1. The van der Waals surface area contributed by atoms with Crippen LogP contribution in [0.3, 0.4) is 0 Å². The van der Waals surface area contributed by atoms with E-state index in [2.05, 4.69) is 34.5 Å². The van der Waals surface area contributed by atoms with Crippen LogP contribution in [0.25, 0.3) is 0 Å². The number of aliphatic hydroxyl groups excluding tert-OH is 1. The van der Waals surface area contributed by atoms with Crippen LogP contribution in [0.15, 0.2) is 78.9 Å². The molecule has 0 unspecified atom stereocenters. The van der Waals surface area contributed by atoms with Gasteiger partial charge in [-0.1, -0.05) is 98.8 Å². The number of hydrogen-bond donors (Lipinski definition) is 3. The zero-order valence-electron chi connectivity index (χ0n) is 27.8. The van der Waals surface area contributed by atoms with E-state index >= 15 is 0 Å². The van der Waals surface area contributed by atoms with Crippen molar-refractivity contribution in [1.29, 1.82) is 0 Å². The van der Waals surface area contributed by atoms with Crippen LogP contribution in [-0.4, -0.2) is 54.4 Å². The molecule has 7 nitrogen and oxygen atoms in total. The highest BCUT2D eigenvalue weighted by molar-refractivity contribution is 5.91. The predicted octanol–water partition coefficient (Wildman–Crippen LogP) is 6.48. The molecule has 0 spiro atoms. The number of fused-ring (bicyclic) bond motifs is 1. The Morgan fingerprint density at radius 3 is 2.24 bits per heavy atom. The lowest BCUT2D eigenvalue weighted by molar-refractivity contribution is -0.180. The molecule has 0 saturated carbocycles. The van der Waals surface area contributed by atoms with Gasteiger partial charge in [-0.05, 0) is 73.6 Å². The van der Waals surface area contributed by atoms with E-state index in [1.807, 2.05) is 68.4 Å². The largest absolute Gasteiger partial charge is 0.463 e. The van der Waals surface area contributed by atoms with Crippen molar-refractivity contribution in [3.63, 3.8) is 0 Å².